The molecule has 0 aliphatic heterocycles. The van der Waals surface area contributed by atoms with Crippen molar-refractivity contribution in [3.63, 3.8) is 0 Å². The van der Waals surface area contributed by atoms with Gasteiger partial charge >= 0.3 is 0 Å². The van der Waals surface area contributed by atoms with Gasteiger partial charge in [-0.05, 0) is 11.6 Å². The second kappa shape index (κ2) is 4.45. The van der Waals surface area contributed by atoms with Crippen molar-refractivity contribution in [3.05, 3.63) is 53.4 Å². The minimum atomic E-state index is -0.195. The van der Waals surface area contributed by atoms with E-state index in [0.29, 0.717) is 18.5 Å². The predicted octanol–water partition coefficient (Wildman–Crippen LogP) is 1.61. The maximum absolute atomic E-state index is 13.4. The van der Waals surface area contributed by atoms with E-state index in [1.807, 2.05) is 23.9 Å². The molecule has 1 aromatic heterocycles. The Hall–Kier alpha value is -1.68. The Balaban J connectivity index is 2.27. The summed E-state index contributed by atoms with van der Waals surface area (Å²) in [4.78, 5) is 4.34. The zero-order chi connectivity index (χ0) is 11.5. The molecule has 84 valence electrons. The highest BCUT2D eigenvalue weighted by Crippen LogP contribution is 2.12. The number of rotatable bonds is 3. The van der Waals surface area contributed by atoms with Gasteiger partial charge in [-0.25, -0.2) is 9.37 Å². The highest BCUT2D eigenvalue weighted by Gasteiger charge is 2.07. The molecule has 2 rings (SSSR count). The first kappa shape index (κ1) is 10.8. The van der Waals surface area contributed by atoms with Crippen molar-refractivity contribution in [2.45, 2.75) is 13.0 Å². The van der Waals surface area contributed by atoms with E-state index in [2.05, 4.69) is 4.98 Å². The molecule has 0 spiro atoms. The normalized spacial score (nSPS) is 10.7. The molecular formula is C12H14FN3. The van der Waals surface area contributed by atoms with Crippen LogP contribution in [0.2, 0.25) is 0 Å². The summed E-state index contributed by atoms with van der Waals surface area (Å²) in [6.07, 6.45) is 2.36. The second-order valence-electron chi connectivity index (χ2n) is 3.73. The summed E-state index contributed by atoms with van der Waals surface area (Å²) < 4.78 is 15.3. The summed E-state index contributed by atoms with van der Waals surface area (Å²) in [6, 6.07) is 6.74. The smallest absolute Gasteiger partial charge is 0.126 e. The Bertz CT molecular complexity index is 491. The number of imidazole rings is 1. The van der Waals surface area contributed by atoms with E-state index in [9.17, 15) is 4.39 Å². The molecular weight excluding hydrogens is 205 g/mol. The molecule has 0 unspecified atom stereocenters. The van der Waals surface area contributed by atoms with Crippen LogP contribution in [0.5, 0.6) is 0 Å². The number of halogens is 1. The molecule has 1 aromatic carbocycles. The Morgan fingerprint density at radius 1 is 1.38 bits per heavy atom. The summed E-state index contributed by atoms with van der Waals surface area (Å²) in [6.45, 7) is 0.408. The van der Waals surface area contributed by atoms with E-state index >= 15 is 0 Å². The van der Waals surface area contributed by atoms with Crippen LogP contribution in [0.4, 0.5) is 4.39 Å². The average molecular weight is 219 g/mol. The molecule has 3 nitrogen and oxygen atoms in total. The lowest BCUT2D eigenvalue weighted by atomic mass is 10.1. The van der Waals surface area contributed by atoms with E-state index < -0.39 is 0 Å². The van der Waals surface area contributed by atoms with Crippen LogP contribution in [-0.2, 0) is 20.0 Å². The van der Waals surface area contributed by atoms with E-state index in [1.165, 1.54) is 6.07 Å². The Kier molecular flexibility index (Phi) is 3.01. The molecule has 16 heavy (non-hydrogen) atoms. The monoisotopic (exact) mass is 219 g/mol. The third-order valence-electron chi connectivity index (χ3n) is 2.54. The summed E-state index contributed by atoms with van der Waals surface area (Å²) >= 11 is 0. The third kappa shape index (κ3) is 2.12. The van der Waals surface area contributed by atoms with Gasteiger partial charge in [0.2, 0.25) is 0 Å². The average Bonchev–Trinajstić information content (AvgIpc) is 2.63. The van der Waals surface area contributed by atoms with E-state index in [4.69, 9.17) is 5.73 Å². The molecule has 0 saturated carbocycles. The van der Waals surface area contributed by atoms with Crippen molar-refractivity contribution < 1.29 is 4.39 Å². The first-order chi connectivity index (χ1) is 7.70. The highest BCUT2D eigenvalue weighted by atomic mass is 19.1. The molecule has 0 amide bonds. The lowest BCUT2D eigenvalue weighted by Crippen LogP contribution is -2.00. The maximum atomic E-state index is 13.4. The van der Waals surface area contributed by atoms with Gasteiger partial charge in [0, 0.05) is 26.2 Å². The van der Waals surface area contributed by atoms with Crippen molar-refractivity contribution >= 4 is 0 Å². The zero-order valence-electron chi connectivity index (χ0n) is 9.15. The van der Waals surface area contributed by atoms with E-state index in [1.54, 1.807) is 12.1 Å². The molecule has 0 aliphatic rings. The Morgan fingerprint density at radius 3 is 2.75 bits per heavy atom. The predicted molar refractivity (Wildman–Crippen MR) is 60.3 cm³/mol. The molecule has 4 heteroatoms. The van der Waals surface area contributed by atoms with Gasteiger partial charge in [0.05, 0.1) is 5.69 Å². The Morgan fingerprint density at radius 2 is 2.12 bits per heavy atom. The van der Waals surface area contributed by atoms with Crippen LogP contribution >= 0.6 is 0 Å². The number of hydrogen-bond acceptors (Lipinski definition) is 2. The van der Waals surface area contributed by atoms with Gasteiger partial charge in [0.15, 0.2) is 0 Å². The third-order valence-corrected chi connectivity index (χ3v) is 2.54. The number of benzene rings is 1. The van der Waals surface area contributed by atoms with Crippen LogP contribution in [-0.4, -0.2) is 9.55 Å². The molecule has 0 atom stereocenters. The number of nitrogens with two attached hydrogens (primary N) is 1. The molecule has 0 bridgehead atoms. The number of nitrogens with zero attached hydrogens (tertiary/aromatic N) is 2. The molecule has 1 heterocycles. The molecule has 2 N–H and O–H groups in total. The van der Waals surface area contributed by atoms with Crippen LogP contribution in [0.3, 0.4) is 0 Å². The quantitative estimate of drug-likeness (QED) is 0.852. The Labute approximate surface area is 93.7 Å². The van der Waals surface area contributed by atoms with Crippen LogP contribution in [0.25, 0.3) is 0 Å². The topological polar surface area (TPSA) is 43.8 Å². The van der Waals surface area contributed by atoms with Crippen molar-refractivity contribution in [1.29, 1.82) is 0 Å². The molecule has 0 radical (unpaired) electrons. The van der Waals surface area contributed by atoms with Gasteiger partial charge in [-0.1, -0.05) is 18.2 Å². The first-order valence-electron chi connectivity index (χ1n) is 5.15. The van der Waals surface area contributed by atoms with Crippen LogP contribution < -0.4 is 5.73 Å². The lowest BCUT2D eigenvalue weighted by molar-refractivity contribution is 0.610. The van der Waals surface area contributed by atoms with E-state index in [0.717, 1.165) is 11.5 Å². The van der Waals surface area contributed by atoms with E-state index in [-0.39, 0.29) is 5.82 Å². The SMILES string of the molecule is Cn1cc(CN)nc1Cc1ccccc1F. The zero-order valence-corrected chi connectivity index (χ0v) is 9.15. The summed E-state index contributed by atoms with van der Waals surface area (Å²) in [7, 11) is 1.89. The van der Waals surface area contributed by atoms with Gasteiger partial charge in [-0.2, -0.15) is 0 Å². The maximum Gasteiger partial charge on any atom is 0.126 e. The molecule has 0 saturated heterocycles. The van der Waals surface area contributed by atoms with Crippen molar-refractivity contribution in [3.8, 4) is 0 Å². The number of hydrogen-bond donors (Lipinski definition) is 1. The van der Waals surface area contributed by atoms with Crippen LogP contribution in [0.1, 0.15) is 17.1 Å². The summed E-state index contributed by atoms with van der Waals surface area (Å²) in [5.74, 6) is 0.630. The minimum Gasteiger partial charge on any atom is -0.337 e. The second-order valence-corrected chi connectivity index (χ2v) is 3.73. The highest BCUT2D eigenvalue weighted by molar-refractivity contribution is 5.22. The van der Waals surface area contributed by atoms with Crippen LogP contribution in [0, 0.1) is 5.82 Å². The fourth-order valence-corrected chi connectivity index (χ4v) is 1.65. The van der Waals surface area contributed by atoms with Gasteiger partial charge in [-0.3, -0.25) is 0 Å². The van der Waals surface area contributed by atoms with Gasteiger partial charge in [0.25, 0.3) is 0 Å². The summed E-state index contributed by atoms with van der Waals surface area (Å²) in [5, 5.41) is 0. The van der Waals surface area contributed by atoms with Crippen molar-refractivity contribution in [2.24, 2.45) is 12.8 Å². The number of aryl methyl sites for hydroxylation is 1. The largest absolute Gasteiger partial charge is 0.337 e. The fraction of sp³-hybridized carbons (Fsp3) is 0.250. The molecule has 0 aliphatic carbocycles. The fourth-order valence-electron chi connectivity index (χ4n) is 1.65. The molecule has 2 aromatic rings. The van der Waals surface area contributed by atoms with Gasteiger partial charge in [0.1, 0.15) is 11.6 Å². The standard InChI is InChI=1S/C12H14FN3/c1-16-8-10(7-14)15-12(16)6-9-4-2-3-5-11(9)13/h2-5,8H,6-7,14H2,1H3. The van der Waals surface area contributed by atoms with Gasteiger partial charge < -0.3 is 10.3 Å². The minimum absolute atomic E-state index is 0.195. The first-order valence-corrected chi connectivity index (χ1v) is 5.15. The lowest BCUT2D eigenvalue weighted by Gasteiger charge is -2.02. The van der Waals surface area contributed by atoms with Crippen molar-refractivity contribution in [2.75, 3.05) is 0 Å². The van der Waals surface area contributed by atoms with Crippen LogP contribution in [0.15, 0.2) is 30.5 Å². The number of aromatic nitrogens is 2. The summed E-state index contributed by atoms with van der Waals surface area (Å²) in [5.41, 5.74) is 6.99. The van der Waals surface area contributed by atoms with Crippen molar-refractivity contribution in [1.82, 2.24) is 9.55 Å². The molecule has 0 fully saturated rings. The van der Waals surface area contributed by atoms with Gasteiger partial charge in [-0.15, -0.1) is 0 Å².